The Morgan fingerprint density at radius 1 is 1.26 bits per heavy atom. The average Bonchev–Trinajstić information content (AvgIpc) is 2.44. The van der Waals surface area contributed by atoms with Gasteiger partial charge in [-0.1, -0.05) is 13.0 Å². The third kappa shape index (κ3) is 4.44. The van der Waals surface area contributed by atoms with E-state index in [1.807, 2.05) is 12.1 Å². The Morgan fingerprint density at radius 3 is 2.84 bits per heavy atom. The van der Waals surface area contributed by atoms with Crippen molar-refractivity contribution < 1.29 is 5.11 Å². The zero-order chi connectivity index (χ0) is 13.5. The van der Waals surface area contributed by atoms with Gasteiger partial charge in [-0.3, -0.25) is 4.98 Å². The first-order chi connectivity index (χ1) is 9.28. The van der Waals surface area contributed by atoms with E-state index in [0.717, 1.165) is 35.1 Å². The Morgan fingerprint density at radius 2 is 2.16 bits per heavy atom. The summed E-state index contributed by atoms with van der Waals surface area (Å²) in [6.07, 6.45) is 4.61. The van der Waals surface area contributed by atoms with Crippen molar-refractivity contribution in [3.05, 3.63) is 42.4 Å². The highest BCUT2D eigenvalue weighted by molar-refractivity contribution is 7.98. The first kappa shape index (κ1) is 13.7. The van der Waals surface area contributed by atoms with Gasteiger partial charge < -0.3 is 10.4 Å². The predicted molar refractivity (Wildman–Crippen MR) is 78.5 cm³/mol. The fourth-order valence-electron chi connectivity index (χ4n) is 1.50. The van der Waals surface area contributed by atoms with E-state index in [1.165, 1.54) is 0 Å². The Kier molecular flexibility index (Phi) is 5.03. The molecule has 1 aromatic carbocycles. The van der Waals surface area contributed by atoms with Gasteiger partial charge >= 0.3 is 0 Å². The zero-order valence-electron chi connectivity index (χ0n) is 10.8. The van der Waals surface area contributed by atoms with Crippen molar-refractivity contribution in [2.24, 2.45) is 0 Å². The van der Waals surface area contributed by atoms with Gasteiger partial charge in [0, 0.05) is 17.2 Å². The summed E-state index contributed by atoms with van der Waals surface area (Å²) in [7, 11) is 0. The SMILES string of the molecule is CCCNc1cnc(CSc2cccc(O)c2)cn1. The molecular weight excluding hydrogens is 258 g/mol. The molecule has 1 heterocycles. The number of benzene rings is 1. The summed E-state index contributed by atoms with van der Waals surface area (Å²) < 4.78 is 0. The van der Waals surface area contributed by atoms with Crippen molar-refractivity contribution in [3.63, 3.8) is 0 Å². The second-order valence-electron chi connectivity index (χ2n) is 4.11. The Bertz CT molecular complexity index is 516. The Balaban J connectivity index is 1.89. The zero-order valence-corrected chi connectivity index (χ0v) is 11.7. The van der Waals surface area contributed by atoms with E-state index < -0.39 is 0 Å². The van der Waals surface area contributed by atoms with Gasteiger partial charge in [0.15, 0.2) is 0 Å². The van der Waals surface area contributed by atoms with Crippen LogP contribution in [0.15, 0.2) is 41.6 Å². The number of nitrogens with zero attached hydrogens (tertiary/aromatic N) is 2. The molecule has 2 N–H and O–H groups in total. The lowest BCUT2D eigenvalue weighted by Crippen LogP contribution is -2.02. The fraction of sp³-hybridized carbons (Fsp3) is 0.286. The highest BCUT2D eigenvalue weighted by atomic mass is 32.2. The minimum absolute atomic E-state index is 0.287. The number of phenolic OH excluding ortho intramolecular Hbond substituents is 1. The number of aromatic hydroxyl groups is 1. The summed E-state index contributed by atoms with van der Waals surface area (Å²) in [5, 5.41) is 12.6. The normalized spacial score (nSPS) is 10.4. The molecule has 0 saturated heterocycles. The van der Waals surface area contributed by atoms with Crippen LogP contribution in [0.25, 0.3) is 0 Å². The second kappa shape index (κ2) is 6.99. The summed E-state index contributed by atoms with van der Waals surface area (Å²) in [6.45, 7) is 3.02. The molecule has 0 atom stereocenters. The molecule has 2 rings (SSSR count). The maximum atomic E-state index is 9.38. The largest absolute Gasteiger partial charge is 0.508 e. The average molecular weight is 275 g/mol. The second-order valence-corrected chi connectivity index (χ2v) is 5.15. The molecule has 2 aromatic rings. The van der Waals surface area contributed by atoms with Gasteiger partial charge in [0.2, 0.25) is 0 Å². The van der Waals surface area contributed by atoms with Crippen LogP contribution in [0.4, 0.5) is 5.82 Å². The standard InChI is InChI=1S/C14H17N3OS/c1-2-6-15-14-9-16-11(8-17-14)10-19-13-5-3-4-12(18)7-13/h3-5,7-9,18H,2,6,10H2,1H3,(H,15,17). The predicted octanol–water partition coefficient (Wildman–Crippen LogP) is 3.30. The van der Waals surface area contributed by atoms with Crippen LogP contribution >= 0.6 is 11.8 Å². The van der Waals surface area contributed by atoms with Crippen molar-refractivity contribution in [1.82, 2.24) is 9.97 Å². The van der Waals surface area contributed by atoms with Crippen LogP contribution in [0.2, 0.25) is 0 Å². The number of anilines is 1. The molecule has 0 aliphatic rings. The highest BCUT2D eigenvalue weighted by Gasteiger charge is 2.00. The van der Waals surface area contributed by atoms with Crippen LogP contribution in [0.3, 0.4) is 0 Å². The lowest BCUT2D eigenvalue weighted by molar-refractivity contribution is 0.474. The third-order valence-electron chi connectivity index (χ3n) is 2.47. The summed E-state index contributed by atoms with van der Waals surface area (Å²) in [4.78, 5) is 9.69. The van der Waals surface area contributed by atoms with Crippen molar-refractivity contribution in [1.29, 1.82) is 0 Å². The first-order valence-electron chi connectivity index (χ1n) is 6.24. The summed E-state index contributed by atoms with van der Waals surface area (Å²) >= 11 is 1.63. The maximum absolute atomic E-state index is 9.38. The van der Waals surface area contributed by atoms with E-state index in [9.17, 15) is 5.11 Å². The van der Waals surface area contributed by atoms with Crippen molar-refractivity contribution in [3.8, 4) is 5.75 Å². The number of nitrogens with one attached hydrogen (secondary N) is 1. The molecule has 0 amide bonds. The fourth-order valence-corrected chi connectivity index (χ4v) is 2.35. The van der Waals surface area contributed by atoms with Gasteiger partial charge in [-0.15, -0.1) is 11.8 Å². The lowest BCUT2D eigenvalue weighted by atomic mass is 10.3. The van der Waals surface area contributed by atoms with Gasteiger partial charge in [-0.2, -0.15) is 0 Å². The van der Waals surface area contributed by atoms with Crippen molar-refractivity contribution >= 4 is 17.6 Å². The molecule has 19 heavy (non-hydrogen) atoms. The van der Waals surface area contributed by atoms with Crippen LogP contribution < -0.4 is 5.32 Å². The number of rotatable bonds is 6. The molecule has 0 aliphatic carbocycles. The number of aromatic nitrogens is 2. The molecular formula is C14H17N3OS. The van der Waals surface area contributed by atoms with Gasteiger partial charge in [0.25, 0.3) is 0 Å². The number of phenols is 1. The monoisotopic (exact) mass is 275 g/mol. The molecule has 0 fully saturated rings. The molecule has 0 spiro atoms. The molecule has 0 saturated carbocycles. The topological polar surface area (TPSA) is 58.0 Å². The first-order valence-corrected chi connectivity index (χ1v) is 7.23. The molecule has 0 aliphatic heterocycles. The molecule has 4 nitrogen and oxygen atoms in total. The lowest BCUT2D eigenvalue weighted by Gasteiger charge is -2.05. The number of thioether (sulfide) groups is 1. The van der Waals surface area contributed by atoms with Crippen LogP contribution in [0.1, 0.15) is 19.0 Å². The molecule has 1 aromatic heterocycles. The van der Waals surface area contributed by atoms with Crippen LogP contribution in [-0.4, -0.2) is 21.6 Å². The molecule has 0 bridgehead atoms. The number of hydrogen-bond acceptors (Lipinski definition) is 5. The van der Waals surface area contributed by atoms with Crippen molar-refractivity contribution in [2.45, 2.75) is 24.0 Å². The summed E-state index contributed by atoms with van der Waals surface area (Å²) in [5.41, 5.74) is 0.926. The summed E-state index contributed by atoms with van der Waals surface area (Å²) in [6, 6.07) is 7.21. The Hall–Kier alpha value is -1.75. The van der Waals surface area contributed by atoms with Crippen LogP contribution in [0, 0.1) is 0 Å². The summed E-state index contributed by atoms with van der Waals surface area (Å²) in [5.74, 6) is 1.84. The quantitative estimate of drug-likeness (QED) is 0.792. The highest BCUT2D eigenvalue weighted by Crippen LogP contribution is 2.24. The van der Waals surface area contributed by atoms with Gasteiger partial charge in [0.05, 0.1) is 18.1 Å². The van der Waals surface area contributed by atoms with E-state index in [0.29, 0.717) is 0 Å². The molecule has 5 heteroatoms. The number of hydrogen-bond donors (Lipinski definition) is 2. The van der Waals surface area contributed by atoms with Crippen LogP contribution in [0.5, 0.6) is 5.75 Å². The van der Waals surface area contributed by atoms with E-state index >= 15 is 0 Å². The molecule has 0 unspecified atom stereocenters. The van der Waals surface area contributed by atoms with E-state index in [2.05, 4.69) is 22.2 Å². The van der Waals surface area contributed by atoms with Crippen LogP contribution in [-0.2, 0) is 5.75 Å². The van der Waals surface area contributed by atoms with E-state index in [-0.39, 0.29) is 5.75 Å². The van der Waals surface area contributed by atoms with E-state index in [4.69, 9.17) is 0 Å². The van der Waals surface area contributed by atoms with Gasteiger partial charge in [-0.25, -0.2) is 4.98 Å². The minimum atomic E-state index is 0.287. The molecule has 100 valence electrons. The maximum Gasteiger partial charge on any atom is 0.144 e. The van der Waals surface area contributed by atoms with Gasteiger partial charge in [0.1, 0.15) is 11.6 Å². The minimum Gasteiger partial charge on any atom is -0.508 e. The smallest absolute Gasteiger partial charge is 0.144 e. The van der Waals surface area contributed by atoms with Crippen molar-refractivity contribution in [2.75, 3.05) is 11.9 Å². The van der Waals surface area contributed by atoms with E-state index in [1.54, 1.807) is 36.3 Å². The third-order valence-corrected chi connectivity index (χ3v) is 3.49. The molecule has 0 radical (unpaired) electrons. The van der Waals surface area contributed by atoms with Gasteiger partial charge in [-0.05, 0) is 24.6 Å². The Labute approximate surface area is 117 Å².